The lowest BCUT2D eigenvalue weighted by Gasteiger charge is -2.08. The van der Waals surface area contributed by atoms with Crippen molar-refractivity contribution >= 4 is 5.82 Å². The van der Waals surface area contributed by atoms with Gasteiger partial charge in [0.15, 0.2) is 5.82 Å². The van der Waals surface area contributed by atoms with Crippen LogP contribution in [-0.4, -0.2) is 26.3 Å². The molecule has 0 aliphatic rings. The van der Waals surface area contributed by atoms with Gasteiger partial charge in [0.1, 0.15) is 12.4 Å². The molecule has 2 rings (SSSR count). The molecule has 0 spiro atoms. The Morgan fingerprint density at radius 2 is 2.00 bits per heavy atom. The molecule has 0 aromatic carbocycles. The predicted molar refractivity (Wildman–Crippen MR) is 73.3 cm³/mol. The summed E-state index contributed by atoms with van der Waals surface area (Å²) in [7, 11) is 0. The van der Waals surface area contributed by atoms with E-state index in [9.17, 15) is 4.79 Å². The van der Waals surface area contributed by atoms with Crippen molar-refractivity contribution in [2.24, 2.45) is 0 Å². The van der Waals surface area contributed by atoms with Gasteiger partial charge >= 0.3 is 0 Å². The Morgan fingerprint density at radius 3 is 2.74 bits per heavy atom. The minimum absolute atomic E-state index is 0.152. The molecule has 2 aromatic heterocycles. The van der Waals surface area contributed by atoms with Gasteiger partial charge in [-0.05, 0) is 26.8 Å². The van der Waals surface area contributed by atoms with Crippen LogP contribution in [0.1, 0.15) is 24.1 Å². The molecule has 0 saturated heterocycles. The first kappa shape index (κ1) is 13.2. The van der Waals surface area contributed by atoms with E-state index in [1.807, 2.05) is 26.8 Å². The van der Waals surface area contributed by atoms with E-state index in [0.717, 1.165) is 23.8 Å². The Hall–Kier alpha value is -2.24. The minimum Gasteiger partial charge on any atom is -0.370 e. The number of aromatic nitrogens is 4. The molecule has 2 heterocycles. The topological polar surface area (TPSA) is 72.7 Å². The molecule has 100 valence electrons. The van der Waals surface area contributed by atoms with E-state index in [1.165, 1.54) is 10.7 Å². The summed E-state index contributed by atoms with van der Waals surface area (Å²) < 4.78 is 1.37. The largest absolute Gasteiger partial charge is 0.370 e. The summed E-state index contributed by atoms with van der Waals surface area (Å²) in [6.45, 7) is 6.82. The molecular formula is C13H17N5O. The summed E-state index contributed by atoms with van der Waals surface area (Å²) in [6.07, 6.45) is 0. The monoisotopic (exact) mass is 259 g/mol. The lowest BCUT2D eigenvalue weighted by molar-refractivity contribution is 0.604. The quantitative estimate of drug-likeness (QED) is 0.891. The average molecular weight is 259 g/mol. The first-order chi connectivity index (χ1) is 9.08. The molecule has 0 fully saturated rings. The first-order valence-corrected chi connectivity index (χ1v) is 6.21. The van der Waals surface area contributed by atoms with Crippen LogP contribution >= 0.6 is 0 Å². The summed E-state index contributed by atoms with van der Waals surface area (Å²) in [4.78, 5) is 20.4. The first-order valence-electron chi connectivity index (χ1n) is 6.21. The van der Waals surface area contributed by atoms with E-state index in [2.05, 4.69) is 20.4 Å². The van der Waals surface area contributed by atoms with Crippen LogP contribution in [0.15, 0.2) is 23.0 Å². The zero-order valence-electron chi connectivity index (χ0n) is 11.3. The zero-order chi connectivity index (χ0) is 13.8. The molecule has 0 unspecified atom stereocenters. The van der Waals surface area contributed by atoms with Gasteiger partial charge in [0.05, 0.1) is 5.69 Å². The SMILES string of the molecule is CCNc1cc(C)nc(Cn2nc(C)ccc2=O)n1. The van der Waals surface area contributed by atoms with Crippen molar-refractivity contribution in [2.75, 3.05) is 11.9 Å². The third-order valence-electron chi connectivity index (χ3n) is 2.55. The van der Waals surface area contributed by atoms with Crippen molar-refractivity contribution in [1.82, 2.24) is 19.7 Å². The highest BCUT2D eigenvalue weighted by Gasteiger charge is 2.05. The zero-order valence-corrected chi connectivity index (χ0v) is 11.3. The predicted octanol–water partition coefficient (Wildman–Crippen LogP) is 1.13. The van der Waals surface area contributed by atoms with Crippen molar-refractivity contribution in [3.63, 3.8) is 0 Å². The molecule has 0 atom stereocenters. The second-order valence-electron chi connectivity index (χ2n) is 4.31. The Morgan fingerprint density at radius 1 is 1.21 bits per heavy atom. The third kappa shape index (κ3) is 3.37. The summed E-state index contributed by atoms with van der Waals surface area (Å²) >= 11 is 0. The summed E-state index contributed by atoms with van der Waals surface area (Å²) in [5, 5.41) is 7.32. The average Bonchev–Trinajstić information content (AvgIpc) is 2.33. The molecule has 6 nitrogen and oxygen atoms in total. The van der Waals surface area contributed by atoms with Gasteiger partial charge in [0.25, 0.3) is 5.56 Å². The van der Waals surface area contributed by atoms with Crippen molar-refractivity contribution in [2.45, 2.75) is 27.3 Å². The molecule has 6 heteroatoms. The van der Waals surface area contributed by atoms with Gasteiger partial charge in [0.2, 0.25) is 0 Å². The fraction of sp³-hybridized carbons (Fsp3) is 0.385. The maximum atomic E-state index is 11.7. The number of anilines is 1. The molecule has 19 heavy (non-hydrogen) atoms. The standard InChI is InChI=1S/C13H17N5O/c1-4-14-11-7-10(3)15-12(16-11)8-18-13(19)6-5-9(2)17-18/h5-7H,4,8H2,1-3H3,(H,14,15,16). The molecule has 0 aliphatic heterocycles. The fourth-order valence-electron chi connectivity index (χ4n) is 1.77. The van der Waals surface area contributed by atoms with E-state index < -0.39 is 0 Å². The number of aryl methyl sites for hydroxylation is 2. The summed E-state index contributed by atoms with van der Waals surface area (Å²) in [5.41, 5.74) is 1.50. The Labute approximate surface area is 111 Å². The van der Waals surface area contributed by atoms with E-state index in [1.54, 1.807) is 6.07 Å². The number of hydrogen-bond acceptors (Lipinski definition) is 5. The van der Waals surface area contributed by atoms with Gasteiger partial charge in [0, 0.05) is 24.4 Å². The summed E-state index contributed by atoms with van der Waals surface area (Å²) in [6, 6.07) is 5.07. The van der Waals surface area contributed by atoms with E-state index in [0.29, 0.717) is 5.82 Å². The Balaban J connectivity index is 2.32. The molecule has 1 N–H and O–H groups in total. The number of rotatable bonds is 4. The molecule has 0 radical (unpaired) electrons. The van der Waals surface area contributed by atoms with Crippen molar-refractivity contribution in [1.29, 1.82) is 0 Å². The van der Waals surface area contributed by atoms with E-state index in [4.69, 9.17) is 0 Å². The Kier molecular flexibility index (Phi) is 3.89. The maximum Gasteiger partial charge on any atom is 0.267 e. The van der Waals surface area contributed by atoms with Gasteiger partial charge in [-0.2, -0.15) is 5.10 Å². The molecule has 0 bridgehead atoms. The van der Waals surface area contributed by atoms with Gasteiger partial charge in [-0.1, -0.05) is 0 Å². The fourth-order valence-corrected chi connectivity index (χ4v) is 1.77. The number of nitrogens with zero attached hydrogens (tertiary/aromatic N) is 4. The van der Waals surface area contributed by atoms with Crippen LogP contribution in [0.4, 0.5) is 5.82 Å². The van der Waals surface area contributed by atoms with Crippen molar-refractivity contribution in [3.05, 3.63) is 45.8 Å². The smallest absolute Gasteiger partial charge is 0.267 e. The van der Waals surface area contributed by atoms with Crippen LogP contribution in [0, 0.1) is 13.8 Å². The van der Waals surface area contributed by atoms with Crippen LogP contribution < -0.4 is 10.9 Å². The Bertz CT molecular complexity index is 635. The number of nitrogens with one attached hydrogen (secondary N) is 1. The molecule has 0 amide bonds. The van der Waals surface area contributed by atoms with Gasteiger partial charge in [-0.25, -0.2) is 14.6 Å². The third-order valence-corrected chi connectivity index (χ3v) is 2.55. The molecule has 2 aromatic rings. The van der Waals surface area contributed by atoms with Crippen LogP contribution in [0.5, 0.6) is 0 Å². The highest BCUT2D eigenvalue weighted by atomic mass is 16.1. The number of hydrogen-bond donors (Lipinski definition) is 1. The van der Waals surface area contributed by atoms with E-state index in [-0.39, 0.29) is 12.1 Å². The molecule has 0 aliphatic carbocycles. The van der Waals surface area contributed by atoms with Gasteiger partial charge in [-0.3, -0.25) is 4.79 Å². The van der Waals surface area contributed by atoms with Crippen LogP contribution in [-0.2, 0) is 6.54 Å². The molecular weight excluding hydrogens is 242 g/mol. The normalized spacial score (nSPS) is 10.5. The second-order valence-corrected chi connectivity index (χ2v) is 4.31. The second kappa shape index (κ2) is 5.60. The minimum atomic E-state index is -0.152. The van der Waals surface area contributed by atoms with Crippen LogP contribution in [0.3, 0.4) is 0 Å². The van der Waals surface area contributed by atoms with Crippen molar-refractivity contribution in [3.8, 4) is 0 Å². The van der Waals surface area contributed by atoms with Crippen molar-refractivity contribution < 1.29 is 0 Å². The molecule has 0 saturated carbocycles. The lowest BCUT2D eigenvalue weighted by Crippen LogP contribution is -2.24. The van der Waals surface area contributed by atoms with Crippen LogP contribution in [0.25, 0.3) is 0 Å². The lowest BCUT2D eigenvalue weighted by atomic mass is 10.4. The van der Waals surface area contributed by atoms with Gasteiger partial charge in [-0.15, -0.1) is 0 Å². The highest BCUT2D eigenvalue weighted by Crippen LogP contribution is 2.06. The summed E-state index contributed by atoms with van der Waals surface area (Å²) in [5.74, 6) is 1.35. The van der Waals surface area contributed by atoms with Gasteiger partial charge < -0.3 is 5.32 Å². The maximum absolute atomic E-state index is 11.7. The van der Waals surface area contributed by atoms with E-state index >= 15 is 0 Å². The van der Waals surface area contributed by atoms with Crippen LogP contribution in [0.2, 0.25) is 0 Å². The highest BCUT2D eigenvalue weighted by molar-refractivity contribution is 5.35.